The van der Waals surface area contributed by atoms with Gasteiger partial charge in [0, 0.05) is 15.2 Å². The molecule has 8 heteroatoms. The van der Waals surface area contributed by atoms with Gasteiger partial charge in [0.05, 0.1) is 11.9 Å². The van der Waals surface area contributed by atoms with Gasteiger partial charge in [-0.1, -0.05) is 33.6 Å². The Morgan fingerprint density at radius 3 is 2.32 bits per heavy atom. The topological polar surface area (TPSA) is 66.5 Å². The van der Waals surface area contributed by atoms with Crippen LogP contribution in [0.2, 0.25) is 5.02 Å². The lowest BCUT2D eigenvalue weighted by atomic mass is 10.2. The standard InChI is InChI=1S/C17H18BrClN2O3S/c1-11-4-9-15(10-16(11)19)21(25(3,23)24)12(2)17(22)20-14-7-5-13(18)6-8-14/h4-10,12H,1-3H3,(H,20,22). The molecule has 0 aliphatic heterocycles. The van der Waals surface area contributed by atoms with E-state index in [4.69, 9.17) is 11.6 Å². The first-order valence-corrected chi connectivity index (χ1v) is 10.4. The van der Waals surface area contributed by atoms with Gasteiger partial charge in [-0.15, -0.1) is 0 Å². The molecule has 0 spiro atoms. The number of rotatable bonds is 5. The number of carbonyl (C=O) groups excluding carboxylic acids is 1. The molecule has 1 N–H and O–H groups in total. The van der Waals surface area contributed by atoms with Crippen LogP contribution in [0.4, 0.5) is 11.4 Å². The number of nitrogens with zero attached hydrogens (tertiary/aromatic N) is 1. The molecule has 1 atom stereocenters. The van der Waals surface area contributed by atoms with Crippen molar-refractivity contribution in [3.05, 3.63) is 57.5 Å². The van der Waals surface area contributed by atoms with E-state index in [1.165, 1.54) is 6.92 Å². The summed E-state index contributed by atoms with van der Waals surface area (Å²) in [5.74, 6) is -0.440. The van der Waals surface area contributed by atoms with E-state index in [0.717, 1.165) is 20.6 Å². The maximum atomic E-state index is 12.5. The molecule has 5 nitrogen and oxygen atoms in total. The van der Waals surface area contributed by atoms with Crippen LogP contribution in [0.5, 0.6) is 0 Å². The lowest BCUT2D eigenvalue weighted by Crippen LogP contribution is -2.45. The highest BCUT2D eigenvalue weighted by Gasteiger charge is 2.29. The van der Waals surface area contributed by atoms with E-state index in [0.29, 0.717) is 16.4 Å². The highest BCUT2D eigenvalue weighted by atomic mass is 79.9. The van der Waals surface area contributed by atoms with Crippen LogP contribution in [0.3, 0.4) is 0 Å². The lowest BCUT2D eigenvalue weighted by molar-refractivity contribution is -0.116. The zero-order chi connectivity index (χ0) is 18.8. The van der Waals surface area contributed by atoms with Crippen molar-refractivity contribution in [2.24, 2.45) is 0 Å². The molecular weight excluding hydrogens is 428 g/mol. The molecule has 1 amide bonds. The average Bonchev–Trinajstić information content (AvgIpc) is 2.51. The number of hydrogen-bond acceptors (Lipinski definition) is 3. The quantitative estimate of drug-likeness (QED) is 0.750. The summed E-state index contributed by atoms with van der Waals surface area (Å²) in [5.41, 5.74) is 1.75. The Morgan fingerprint density at radius 1 is 1.20 bits per heavy atom. The monoisotopic (exact) mass is 444 g/mol. The Bertz CT molecular complexity index is 885. The second-order valence-corrected chi connectivity index (χ2v) is 8.85. The number of aryl methyl sites for hydroxylation is 1. The minimum Gasteiger partial charge on any atom is -0.324 e. The van der Waals surface area contributed by atoms with Crippen LogP contribution in [0, 0.1) is 6.92 Å². The molecule has 0 saturated carbocycles. The third-order valence-electron chi connectivity index (χ3n) is 3.61. The number of halogens is 2. The molecule has 2 aromatic rings. The van der Waals surface area contributed by atoms with Gasteiger partial charge in [-0.2, -0.15) is 0 Å². The van der Waals surface area contributed by atoms with Gasteiger partial charge in [-0.3, -0.25) is 9.10 Å². The van der Waals surface area contributed by atoms with E-state index in [9.17, 15) is 13.2 Å². The van der Waals surface area contributed by atoms with E-state index in [1.54, 1.807) is 42.5 Å². The third kappa shape index (κ3) is 4.96. The maximum Gasteiger partial charge on any atom is 0.247 e. The zero-order valence-electron chi connectivity index (χ0n) is 14.0. The molecule has 1 unspecified atom stereocenters. The second-order valence-electron chi connectivity index (χ2n) is 5.66. The Hall–Kier alpha value is -1.57. The molecule has 0 radical (unpaired) electrons. The summed E-state index contributed by atoms with van der Waals surface area (Å²) < 4.78 is 26.5. The summed E-state index contributed by atoms with van der Waals surface area (Å²) in [5, 5.41) is 3.16. The van der Waals surface area contributed by atoms with Crippen molar-refractivity contribution < 1.29 is 13.2 Å². The minimum absolute atomic E-state index is 0.344. The van der Waals surface area contributed by atoms with Gasteiger partial charge >= 0.3 is 0 Å². The molecule has 0 aromatic heterocycles. The van der Waals surface area contributed by atoms with Crippen LogP contribution in [-0.2, 0) is 14.8 Å². The number of sulfonamides is 1. The molecule has 2 rings (SSSR count). The first kappa shape index (κ1) is 19.8. The van der Waals surface area contributed by atoms with Crippen molar-refractivity contribution in [1.29, 1.82) is 0 Å². The first-order chi connectivity index (χ1) is 11.6. The molecule has 25 heavy (non-hydrogen) atoms. The highest BCUT2D eigenvalue weighted by Crippen LogP contribution is 2.27. The summed E-state index contributed by atoms with van der Waals surface area (Å²) in [6, 6.07) is 11.0. The maximum absolute atomic E-state index is 12.5. The van der Waals surface area contributed by atoms with Crippen LogP contribution in [0.15, 0.2) is 46.9 Å². The normalized spacial score (nSPS) is 12.5. The molecule has 0 aliphatic carbocycles. The number of anilines is 2. The number of nitrogens with one attached hydrogen (secondary N) is 1. The largest absolute Gasteiger partial charge is 0.324 e. The fourth-order valence-corrected chi connectivity index (χ4v) is 3.91. The van der Waals surface area contributed by atoms with E-state index in [1.807, 2.05) is 6.92 Å². The van der Waals surface area contributed by atoms with E-state index >= 15 is 0 Å². The van der Waals surface area contributed by atoms with E-state index in [2.05, 4.69) is 21.2 Å². The molecule has 0 saturated heterocycles. The van der Waals surface area contributed by atoms with Gasteiger partial charge in [-0.25, -0.2) is 8.42 Å². The summed E-state index contributed by atoms with van der Waals surface area (Å²) in [6.07, 6.45) is 1.06. The van der Waals surface area contributed by atoms with Crippen LogP contribution < -0.4 is 9.62 Å². The van der Waals surface area contributed by atoms with Crippen molar-refractivity contribution in [3.63, 3.8) is 0 Å². The first-order valence-electron chi connectivity index (χ1n) is 7.41. The van der Waals surface area contributed by atoms with Gasteiger partial charge in [0.15, 0.2) is 0 Å². The Labute approximate surface area is 161 Å². The predicted molar refractivity (Wildman–Crippen MR) is 106 cm³/mol. The molecule has 134 valence electrons. The minimum atomic E-state index is -3.68. The molecule has 0 bridgehead atoms. The van der Waals surface area contributed by atoms with E-state index < -0.39 is 22.0 Å². The number of amides is 1. The van der Waals surface area contributed by atoms with Crippen molar-refractivity contribution in [1.82, 2.24) is 0 Å². The number of hydrogen-bond donors (Lipinski definition) is 1. The Morgan fingerprint density at radius 2 is 1.80 bits per heavy atom. The van der Waals surface area contributed by atoms with Crippen LogP contribution in [0.1, 0.15) is 12.5 Å². The van der Waals surface area contributed by atoms with Gasteiger partial charge in [-0.05, 0) is 55.8 Å². The third-order valence-corrected chi connectivity index (χ3v) is 5.79. The summed E-state index contributed by atoms with van der Waals surface area (Å²) >= 11 is 9.43. The summed E-state index contributed by atoms with van der Waals surface area (Å²) in [7, 11) is -3.68. The Kier molecular flexibility index (Phi) is 6.13. The number of carbonyl (C=O) groups is 1. The predicted octanol–water partition coefficient (Wildman–Crippen LogP) is 4.20. The van der Waals surface area contributed by atoms with Crippen molar-refractivity contribution >= 4 is 54.8 Å². The molecular formula is C17H18BrClN2O3S. The Balaban J connectivity index is 2.32. The van der Waals surface area contributed by atoms with Crippen LogP contribution in [-0.4, -0.2) is 26.6 Å². The molecule has 2 aromatic carbocycles. The molecule has 0 heterocycles. The van der Waals surface area contributed by atoms with Crippen molar-refractivity contribution in [2.75, 3.05) is 15.9 Å². The van der Waals surface area contributed by atoms with Crippen molar-refractivity contribution in [2.45, 2.75) is 19.9 Å². The molecule has 0 aliphatic rings. The zero-order valence-corrected chi connectivity index (χ0v) is 17.1. The van der Waals surface area contributed by atoms with Crippen LogP contribution in [0.25, 0.3) is 0 Å². The number of benzene rings is 2. The molecule has 0 fully saturated rings. The fraction of sp³-hybridized carbons (Fsp3) is 0.235. The lowest BCUT2D eigenvalue weighted by Gasteiger charge is -2.28. The van der Waals surface area contributed by atoms with Gasteiger partial charge < -0.3 is 5.32 Å². The smallest absolute Gasteiger partial charge is 0.247 e. The fourth-order valence-electron chi connectivity index (χ4n) is 2.31. The summed E-state index contributed by atoms with van der Waals surface area (Å²) in [6.45, 7) is 3.35. The highest BCUT2D eigenvalue weighted by molar-refractivity contribution is 9.10. The summed E-state index contributed by atoms with van der Waals surface area (Å²) in [4.78, 5) is 12.5. The SMILES string of the molecule is Cc1ccc(N(C(C)C(=O)Nc2ccc(Br)cc2)S(C)(=O)=O)cc1Cl. The van der Waals surface area contributed by atoms with E-state index in [-0.39, 0.29) is 0 Å². The van der Waals surface area contributed by atoms with Gasteiger partial charge in [0.25, 0.3) is 0 Å². The van der Waals surface area contributed by atoms with Gasteiger partial charge in [0.2, 0.25) is 15.9 Å². The average molecular weight is 446 g/mol. The second kappa shape index (κ2) is 7.76. The van der Waals surface area contributed by atoms with Crippen molar-refractivity contribution in [3.8, 4) is 0 Å². The van der Waals surface area contributed by atoms with Crippen LogP contribution >= 0.6 is 27.5 Å². The van der Waals surface area contributed by atoms with Gasteiger partial charge in [0.1, 0.15) is 6.04 Å².